The Kier molecular flexibility index (Phi) is 7.38. The lowest BCUT2D eigenvalue weighted by atomic mass is 9.85. The van der Waals surface area contributed by atoms with Crippen LogP contribution in [0.15, 0.2) is 54.6 Å². The molecule has 1 aliphatic rings. The molecule has 1 unspecified atom stereocenters. The number of benzene rings is 2. The molecular formula is C24H29F3N2O2. The van der Waals surface area contributed by atoms with Crippen molar-refractivity contribution in [1.82, 2.24) is 10.2 Å². The number of nitrogens with zero attached hydrogens (tertiary/aromatic N) is 1. The van der Waals surface area contributed by atoms with Crippen molar-refractivity contribution in [3.8, 4) is 0 Å². The van der Waals surface area contributed by atoms with Crippen molar-refractivity contribution in [2.24, 2.45) is 5.41 Å². The molecule has 2 aromatic carbocycles. The van der Waals surface area contributed by atoms with E-state index in [0.29, 0.717) is 13.2 Å². The second kappa shape index (κ2) is 9.83. The first-order valence-corrected chi connectivity index (χ1v) is 10.5. The van der Waals surface area contributed by atoms with Crippen molar-refractivity contribution in [2.45, 2.75) is 52.2 Å². The summed E-state index contributed by atoms with van der Waals surface area (Å²) in [5.41, 5.74) is 0.146. The summed E-state index contributed by atoms with van der Waals surface area (Å²) in [4.78, 5) is 14.6. The molecule has 0 aliphatic carbocycles. The van der Waals surface area contributed by atoms with Crippen molar-refractivity contribution in [2.75, 3.05) is 13.1 Å². The summed E-state index contributed by atoms with van der Waals surface area (Å²) in [6.07, 6.45) is -4.83. The molecule has 0 bridgehead atoms. The minimum absolute atomic E-state index is 0.0326. The van der Waals surface area contributed by atoms with E-state index in [4.69, 9.17) is 4.74 Å². The third-order valence-electron chi connectivity index (χ3n) is 5.70. The first-order valence-electron chi connectivity index (χ1n) is 10.5. The minimum atomic E-state index is -4.62. The lowest BCUT2D eigenvalue weighted by Gasteiger charge is -2.30. The maximum Gasteiger partial charge on any atom is 0.404 e. The number of carbonyl (C=O) groups is 1. The normalized spacial score (nSPS) is 19.7. The van der Waals surface area contributed by atoms with Crippen LogP contribution in [0.1, 0.15) is 37.0 Å². The van der Waals surface area contributed by atoms with Gasteiger partial charge < -0.3 is 10.1 Å². The second-order valence-corrected chi connectivity index (χ2v) is 8.34. The van der Waals surface area contributed by atoms with Crippen LogP contribution >= 0.6 is 0 Å². The Morgan fingerprint density at radius 3 is 2.39 bits per heavy atom. The fourth-order valence-corrected chi connectivity index (χ4v) is 3.88. The zero-order valence-corrected chi connectivity index (χ0v) is 17.9. The molecule has 4 nitrogen and oxygen atoms in total. The molecule has 0 radical (unpaired) electrons. The highest BCUT2D eigenvalue weighted by atomic mass is 19.4. The topological polar surface area (TPSA) is 41.6 Å². The molecule has 0 saturated carbocycles. The van der Waals surface area contributed by atoms with Gasteiger partial charge in [0.1, 0.15) is 0 Å². The smallest absolute Gasteiger partial charge is 0.374 e. The SMILES string of the molecule is CC(C)OCc1ccccc1CNC(=O)C1(C(F)(F)F)CCN(Cc2ccccc2)C1. The molecular weight excluding hydrogens is 405 g/mol. The number of ether oxygens (including phenoxy) is 1. The van der Waals surface area contributed by atoms with Crippen LogP contribution in [0.5, 0.6) is 0 Å². The summed E-state index contributed by atoms with van der Waals surface area (Å²) >= 11 is 0. The van der Waals surface area contributed by atoms with Gasteiger partial charge in [-0.25, -0.2) is 0 Å². The number of alkyl halides is 3. The molecule has 168 valence electrons. The zero-order chi connectivity index (χ0) is 22.5. The van der Waals surface area contributed by atoms with Gasteiger partial charge in [-0.2, -0.15) is 13.2 Å². The van der Waals surface area contributed by atoms with Gasteiger partial charge in [0, 0.05) is 19.6 Å². The lowest BCUT2D eigenvalue weighted by Crippen LogP contribution is -2.52. The van der Waals surface area contributed by atoms with Crippen molar-refractivity contribution in [1.29, 1.82) is 0 Å². The molecule has 1 aliphatic heterocycles. The van der Waals surface area contributed by atoms with Gasteiger partial charge in [0.15, 0.2) is 5.41 Å². The van der Waals surface area contributed by atoms with Crippen LogP contribution in [0.3, 0.4) is 0 Å². The molecule has 0 aromatic heterocycles. The Balaban J connectivity index is 1.69. The maximum absolute atomic E-state index is 14.1. The van der Waals surface area contributed by atoms with Crippen LogP contribution < -0.4 is 5.32 Å². The van der Waals surface area contributed by atoms with Crippen LogP contribution in [0.25, 0.3) is 0 Å². The number of amides is 1. The molecule has 1 heterocycles. The number of hydrogen-bond acceptors (Lipinski definition) is 3. The van der Waals surface area contributed by atoms with Crippen LogP contribution in [0.2, 0.25) is 0 Å². The fourth-order valence-electron chi connectivity index (χ4n) is 3.88. The van der Waals surface area contributed by atoms with Gasteiger partial charge in [0.25, 0.3) is 0 Å². The van der Waals surface area contributed by atoms with E-state index in [-0.39, 0.29) is 32.2 Å². The average Bonchev–Trinajstić information content (AvgIpc) is 3.17. The summed E-state index contributed by atoms with van der Waals surface area (Å²) in [6.45, 7) is 4.49. The Labute approximate surface area is 181 Å². The van der Waals surface area contributed by atoms with Gasteiger partial charge in [-0.15, -0.1) is 0 Å². The van der Waals surface area contributed by atoms with Crippen LogP contribution in [-0.4, -0.2) is 36.2 Å². The van der Waals surface area contributed by atoms with E-state index in [9.17, 15) is 18.0 Å². The van der Waals surface area contributed by atoms with Crippen molar-refractivity contribution in [3.63, 3.8) is 0 Å². The van der Waals surface area contributed by atoms with Crippen LogP contribution in [0, 0.1) is 5.41 Å². The summed E-state index contributed by atoms with van der Waals surface area (Å²) in [5.74, 6) is -0.963. The highest BCUT2D eigenvalue weighted by molar-refractivity contribution is 5.84. The molecule has 1 atom stereocenters. The molecule has 1 fully saturated rings. The largest absolute Gasteiger partial charge is 0.404 e. The number of hydrogen-bond donors (Lipinski definition) is 1. The van der Waals surface area contributed by atoms with Crippen LogP contribution in [0.4, 0.5) is 13.2 Å². The van der Waals surface area contributed by atoms with E-state index in [1.54, 1.807) is 17.0 Å². The number of carbonyl (C=O) groups excluding carboxylic acids is 1. The number of likely N-dealkylation sites (tertiary alicyclic amines) is 1. The molecule has 2 aromatic rings. The molecule has 7 heteroatoms. The minimum Gasteiger partial charge on any atom is -0.374 e. The van der Waals surface area contributed by atoms with Gasteiger partial charge >= 0.3 is 6.18 Å². The Morgan fingerprint density at radius 2 is 1.74 bits per heavy atom. The lowest BCUT2D eigenvalue weighted by molar-refractivity contribution is -0.218. The van der Waals surface area contributed by atoms with Gasteiger partial charge in [0.05, 0.1) is 12.7 Å². The fraction of sp³-hybridized carbons (Fsp3) is 0.458. The quantitative estimate of drug-likeness (QED) is 0.656. The Morgan fingerprint density at radius 1 is 1.10 bits per heavy atom. The predicted octanol–water partition coefficient (Wildman–Crippen LogP) is 4.68. The third kappa shape index (κ3) is 5.66. The summed E-state index contributed by atoms with van der Waals surface area (Å²) in [7, 11) is 0. The van der Waals surface area contributed by atoms with Crippen molar-refractivity contribution >= 4 is 5.91 Å². The van der Waals surface area contributed by atoms with E-state index in [1.165, 1.54) is 0 Å². The van der Waals surface area contributed by atoms with E-state index >= 15 is 0 Å². The first-order chi connectivity index (χ1) is 14.7. The standard InChI is InChI=1S/C24H29F3N2O2/c1-18(2)31-16-21-11-7-6-10-20(21)14-28-22(30)23(24(25,26)27)12-13-29(17-23)15-19-8-4-3-5-9-19/h3-11,18H,12-17H2,1-2H3,(H,28,30). The number of rotatable bonds is 8. The number of halogens is 3. The van der Waals surface area contributed by atoms with Gasteiger partial charge in [0.2, 0.25) is 5.91 Å². The molecule has 1 saturated heterocycles. The van der Waals surface area contributed by atoms with Crippen molar-refractivity contribution in [3.05, 3.63) is 71.3 Å². The second-order valence-electron chi connectivity index (χ2n) is 8.34. The third-order valence-corrected chi connectivity index (χ3v) is 5.70. The van der Waals surface area contributed by atoms with E-state index in [0.717, 1.165) is 16.7 Å². The predicted molar refractivity (Wildman–Crippen MR) is 113 cm³/mol. The molecule has 31 heavy (non-hydrogen) atoms. The molecule has 1 N–H and O–H groups in total. The van der Waals surface area contributed by atoms with E-state index in [2.05, 4.69) is 5.32 Å². The monoisotopic (exact) mass is 434 g/mol. The summed E-state index contributed by atoms with van der Waals surface area (Å²) in [5, 5.41) is 2.56. The molecule has 0 spiro atoms. The number of nitrogens with one attached hydrogen (secondary N) is 1. The first kappa shape index (κ1) is 23.3. The van der Waals surface area contributed by atoms with Gasteiger partial charge in [-0.05, 0) is 43.5 Å². The van der Waals surface area contributed by atoms with Crippen LogP contribution in [-0.2, 0) is 29.2 Å². The van der Waals surface area contributed by atoms with Crippen molar-refractivity contribution < 1.29 is 22.7 Å². The highest BCUT2D eigenvalue weighted by Crippen LogP contribution is 2.46. The zero-order valence-electron chi connectivity index (χ0n) is 17.9. The van der Waals surface area contributed by atoms with Gasteiger partial charge in [-0.1, -0.05) is 54.6 Å². The molecule has 1 amide bonds. The average molecular weight is 435 g/mol. The molecule has 3 rings (SSSR count). The maximum atomic E-state index is 14.1. The van der Waals surface area contributed by atoms with E-state index < -0.39 is 17.5 Å². The van der Waals surface area contributed by atoms with E-state index in [1.807, 2.05) is 56.3 Å². The highest BCUT2D eigenvalue weighted by Gasteiger charge is 2.62. The Hall–Kier alpha value is -2.38. The summed E-state index contributed by atoms with van der Waals surface area (Å²) < 4.78 is 47.9. The van der Waals surface area contributed by atoms with Gasteiger partial charge in [-0.3, -0.25) is 9.69 Å². The summed E-state index contributed by atoms with van der Waals surface area (Å²) in [6, 6.07) is 16.7. The Bertz CT molecular complexity index is 871.